The van der Waals surface area contributed by atoms with E-state index in [1.807, 2.05) is 30.3 Å². The van der Waals surface area contributed by atoms with Crippen LogP contribution in [0.25, 0.3) is 0 Å². The van der Waals surface area contributed by atoms with Gasteiger partial charge in [0.15, 0.2) is 0 Å². The molecule has 0 aliphatic carbocycles. The molecular weight excluding hydrogens is 352 g/mol. The molecule has 2 amide bonds. The Balaban J connectivity index is 1.55. The minimum Gasteiger partial charge on any atom is -0.496 e. The first-order valence-corrected chi connectivity index (χ1v) is 8.92. The van der Waals surface area contributed by atoms with E-state index in [9.17, 15) is 9.59 Å². The van der Waals surface area contributed by atoms with E-state index in [4.69, 9.17) is 16.3 Å². The zero-order valence-electron chi connectivity index (χ0n) is 14.6. The zero-order valence-corrected chi connectivity index (χ0v) is 15.3. The fraction of sp³-hybridized carbons (Fsp3) is 0.300. The van der Waals surface area contributed by atoms with Crippen LogP contribution in [0.5, 0.6) is 5.75 Å². The molecule has 0 aromatic heterocycles. The van der Waals surface area contributed by atoms with Gasteiger partial charge in [0, 0.05) is 30.2 Å². The van der Waals surface area contributed by atoms with Gasteiger partial charge in [0.2, 0.25) is 11.8 Å². The summed E-state index contributed by atoms with van der Waals surface area (Å²) in [7, 11) is 1.63. The SMILES string of the molecule is COc1ccccc1CCNC(=O)C1CC(=O)N(c2cccc(Cl)c2)C1. The number of carbonyl (C=O) groups is 2. The summed E-state index contributed by atoms with van der Waals surface area (Å²) < 4.78 is 5.31. The van der Waals surface area contributed by atoms with Crippen LogP contribution in [0.1, 0.15) is 12.0 Å². The largest absolute Gasteiger partial charge is 0.496 e. The van der Waals surface area contributed by atoms with Gasteiger partial charge in [0.1, 0.15) is 5.75 Å². The van der Waals surface area contributed by atoms with Crippen LogP contribution >= 0.6 is 11.6 Å². The summed E-state index contributed by atoms with van der Waals surface area (Å²) in [6.07, 6.45) is 0.890. The number of hydrogen-bond donors (Lipinski definition) is 1. The van der Waals surface area contributed by atoms with Crippen molar-refractivity contribution in [2.24, 2.45) is 5.92 Å². The molecule has 6 heteroatoms. The Morgan fingerprint density at radius 2 is 2.08 bits per heavy atom. The van der Waals surface area contributed by atoms with E-state index in [2.05, 4.69) is 5.32 Å². The molecule has 1 unspecified atom stereocenters. The van der Waals surface area contributed by atoms with E-state index in [-0.39, 0.29) is 24.2 Å². The average molecular weight is 373 g/mol. The van der Waals surface area contributed by atoms with Gasteiger partial charge >= 0.3 is 0 Å². The van der Waals surface area contributed by atoms with Crippen LogP contribution in [-0.4, -0.2) is 32.0 Å². The molecule has 1 aliphatic rings. The molecule has 1 saturated heterocycles. The van der Waals surface area contributed by atoms with Gasteiger partial charge in [-0.15, -0.1) is 0 Å². The first-order valence-electron chi connectivity index (χ1n) is 8.54. The Morgan fingerprint density at radius 1 is 1.27 bits per heavy atom. The van der Waals surface area contributed by atoms with Gasteiger partial charge < -0.3 is 15.0 Å². The second kappa shape index (κ2) is 8.23. The van der Waals surface area contributed by atoms with E-state index in [0.717, 1.165) is 17.0 Å². The number of anilines is 1. The summed E-state index contributed by atoms with van der Waals surface area (Å²) in [6, 6.07) is 14.8. The Hall–Kier alpha value is -2.53. The van der Waals surface area contributed by atoms with Gasteiger partial charge in [0.25, 0.3) is 0 Å². The summed E-state index contributed by atoms with van der Waals surface area (Å²) in [5.74, 6) is 0.305. The molecule has 0 saturated carbocycles. The highest BCUT2D eigenvalue weighted by molar-refractivity contribution is 6.31. The number of ether oxygens (including phenoxy) is 1. The Labute approximate surface area is 157 Å². The molecule has 1 heterocycles. The second-order valence-electron chi connectivity index (χ2n) is 6.24. The van der Waals surface area contributed by atoms with Crippen LogP contribution in [0, 0.1) is 5.92 Å². The zero-order chi connectivity index (χ0) is 18.5. The molecule has 26 heavy (non-hydrogen) atoms. The second-order valence-corrected chi connectivity index (χ2v) is 6.67. The van der Waals surface area contributed by atoms with Crippen molar-refractivity contribution >= 4 is 29.1 Å². The van der Waals surface area contributed by atoms with Crippen molar-refractivity contribution in [3.05, 3.63) is 59.1 Å². The molecule has 1 atom stereocenters. The van der Waals surface area contributed by atoms with Crippen molar-refractivity contribution in [2.75, 3.05) is 25.1 Å². The number of nitrogens with one attached hydrogen (secondary N) is 1. The third-order valence-electron chi connectivity index (χ3n) is 4.50. The molecule has 1 fully saturated rings. The van der Waals surface area contributed by atoms with Gasteiger partial charge in [0.05, 0.1) is 13.0 Å². The summed E-state index contributed by atoms with van der Waals surface area (Å²) >= 11 is 5.99. The van der Waals surface area contributed by atoms with E-state index in [1.54, 1.807) is 30.2 Å². The lowest BCUT2D eigenvalue weighted by Crippen LogP contribution is -2.34. The highest BCUT2D eigenvalue weighted by Crippen LogP contribution is 2.27. The molecule has 3 rings (SSSR count). The van der Waals surface area contributed by atoms with Gasteiger partial charge in [-0.05, 0) is 36.2 Å². The number of benzene rings is 2. The van der Waals surface area contributed by atoms with Gasteiger partial charge in [-0.25, -0.2) is 0 Å². The third kappa shape index (κ3) is 4.17. The highest BCUT2D eigenvalue weighted by Gasteiger charge is 2.35. The number of rotatable bonds is 6. The molecule has 2 aromatic carbocycles. The number of halogens is 1. The highest BCUT2D eigenvalue weighted by atomic mass is 35.5. The minimum absolute atomic E-state index is 0.0582. The van der Waals surface area contributed by atoms with Crippen molar-refractivity contribution < 1.29 is 14.3 Å². The summed E-state index contributed by atoms with van der Waals surface area (Å²) in [5.41, 5.74) is 1.77. The minimum atomic E-state index is -0.348. The number of para-hydroxylation sites is 1. The molecule has 0 spiro atoms. The van der Waals surface area contributed by atoms with Crippen LogP contribution in [0.2, 0.25) is 5.02 Å². The van der Waals surface area contributed by atoms with Gasteiger partial charge in [-0.1, -0.05) is 35.9 Å². The normalized spacial score (nSPS) is 16.6. The maximum absolute atomic E-state index is 12.4. The first-order chi connectivity index (χ1) is 12.6. The molecule has 1 aliphatic heterocycles. The summed E-state index contributed by atoms with van der Waals surface area (Å²) in [6.45, 7) is 0.876. The van der Waals surface area contributed by atoms with Crippen LogP contribution in [0.15, 0.2) is 48.5 Å². The van der Waals surface area contributed by atoms with Crippen molar-refractivity contribution in [3.63, 3.8) is 0 Å². The molecular formula is C20H21ClN2O3. The van der Waals surface area contributed by atoms with Crippen LogP contribution in [0.4, 0.5) is 5.69 Å². The topological polar surface area (TPSA) is 58.6 Å². The van der Waals surface area contributed by atoms with Crippen LogP contribution < -0.4 is 15.0 Å². The van der Waals surface area contributed by atoms with Gasteiger partial charge in [-0.2, -0.15) is 0 Å². The summed E-state index contributed by atoms with van der Waals surface area (Å²) in [5, 5.41) is 3.50. The Kier molecular flexibility index (Phi) is 5.78. The number of nitrogens with zero attached hydrogens (tertiary/aromatic N) is 1. The number of carbonyl (C=O) groups excluding carboxylic acids is 2. The molecule has 136 valence electrons. The lowest BCUT2D eigenvalue weighted by atomic mass is 10.1. The van der Waals surface area contributed by atoms with E-state index < -0.39 is 0 Å². The number of amides is 2. The van der Waals surface area contributed by atoms with Crippen molar-refractivity contribution in [3.8, 4) is 5.75 Å². The quantitative estimate of drug-likeness (QED) is 0.847. The standard InChI is InChI=1S/C20H21ClN2O3/c1-26-18-8-3-2-5-14(18)9-10-22-20(25)15-11-19(24)23(13-15)17-7-4-6-16(21)12-17/h2-8,12,15H,9-11,13H2,1H3,(H,22,25). The first kappa shape index (κ1) is 18.3. The van der Waals surface area contributed by atoms with Crippen LogP contribution in [0.3, 0.4) is 0 Å². The number of methoxy groups -OCH3 is 1. The predicted octanol–water partition coefficient (Wildman–Crippen LogP) is 3.06. The Bertz CT molecular complexity index is 809. The molecule has 0 bridgehead atoms. The van der Waals surface area contributed by atoms with Crippen molar-refractivity contribution in [1.82, 2.24) is 5.32 Å². The fourth-order valence-electron chi connectivity index (χ4n) is 3.15. The molecule has 0 radical (unpaired) electrons. The maximum Gasteiger partial charge on any atom is 0.227 e. The molecule has 5 nitrogen and oxygen atoms in total. The molecule has 1 N–H and O–H groups in total. The summed E-state index contributed by atoms with van der Waals surface area (Å²) in [4.78, 5) is 26.3. The predicted molar refractivity (Wildman–Crippen MR) is 102 cm³/mol. The van der Waals surface area contributed by atoms with Gasteiger partial charge in [-0.3, -0.25) is 9.59 Å². The van der Waals surface area contributed by atoms with Crippen molar-refractivity contribution in [1.29, 1.82) is 0 Å². The average Bonchev–Trinajstić information content (AvgIpc) is 3.04. The number of hydrogen-bond acceptors (Lipinski definition) is 3. The van der Waals surface area contributed by atoms with E-state index in [1.165, 1.54) is 0 Å². The smallest absolute Gasteiger partial charge is 0.227 e. The molecule has 2 aromatic rings. The van der Waals surface area contributed by atoms with Crippen molar-refractivity contribution in [2.45, 2.75) is 12.8 Å². The lowest BCUT2D eigenvalue weighted by Gasteiger charge is -2.17. The van der Waals surface area contributed by atoms with E-state index in [0.29, 0.717) is 24.5 Å². The maximum atomic E-state index is 12.4. The third-order valence-corrected chi connectivity index (χ3v) is 4.74. The van der Waals surface area contributed by atoms with Crippen LogP contribution in [-0.2, 0) is 16.0 Å². The fourth-order valence-corrected chi connectivity index (χ4v) is 3.34. The monoisotopic (exact) mass is 372 g/mol. The van der Waals surface area contributed by atoms with E-state index >= 15 is 0 Å². The lowest BCUT2D eigenvalue weighted by molar-refractivity contribution is -0.126. The Morgan fingerprint density at radius 3 is 2.85 bits per heavy atom.